The predicted octanol–water partition coefficient (Wildman–Crippen LogP) is 4.82. The third kappa shape index (κ3) is 8.48. The Labute approximate surface area is 225 Å². The zero-order chi connectivity index (χ0) is 27.2. The van der Waals surface area contributed by atoms with Crippen molar-refractivity contribution in [2.45, 2.75) is 56.8 Å². The fourth-order valence-electron chi connectivity index (χ4n) is 4.47. The summed E-state index contributed by atoms with van der Waals surface area (Å²) in [4.78, 5) is 12.4. The van der Waals surface area contributed by atoms with Gasteiger partial charge in [0.1, 0.15) is 30.5 Å². The predicted molar refractivity (Wildman–Crippen MR) is 145 cm³/mol. The summed E-state index contributed by atoms with van der Waals surface area (Å²) < 4.78 is 37.4. The van der Waals surface area contributed by atoms with Crippen LogP contribution in [0.3, 0.4) is 0 Å². The van der Waals surface area contributed by atoms with Crippen LogP contribution in [0.25, 0.3) is 0 Å². The summed E-state index contributed by atoms with van der Waals surface area (Å²) >= 11 is 0. The second-order valence-corrected chi connectivity index (χ2v) is 8.86. The maximum Gasteiger partial charge on any atom is 0.303 e. The first-order valence-corrected chi connectivity index (χ1v) is 12.7. The Morgan fingerprint density at radius 3 is 1.26 bits per heavy atom. The Balaban J connectivity index is 2.02. The van der Waals surface area contributed by atoms with Gasteiger partial charge in [0, 0.05) is 6.92 Å². The van der Waals surface area contributed by atoms with E-state index in [9.17, 15) is 4.79 Å². The van der Waals surface area contributed by atoms with Crippen molar-refractivity contribution in [3.05, 3.63) is 110 Å². The Morgan fingerprint density at radius 1 is 0.605 bits per heavy atom. The normalized spacial score (nSPS) is 24.9. The van der Waals surface area contributed by atoms with Gasteiger partial charge in [-0.25, -0.2) is 0 Å². The van der Waals surface area contributed by atoms with Crippen molar-refractivity contribution in [2.75, 3.05) is 19.8 Å². The molecular weight excluding hydrogens is 484 g/mol. The number of carbonyl (C=O) groups is 1. The number of esters is 1. The molecule has 2 unspecified atom stereocenters. The maximum atomic E-state index is 12.4. The van der Waals surface area contributed by atoms with E-state index in [0.29, 0.717) is 0 Å². The molecule has 7 nitrogen and oxygen atoms in total. The molecule has 1 fully saturated rings. The second-order valence-electron chi connectivity index (χ2n) is 8.86. The van der Waals surface area contributed by atoms with Gasteiger partial charge in [0.05, 0.1) is 33.0 Å². The molecule has 0 aliphatic heterocycles. The fraction of sp³-hybridized carbons (Fsp3) is 0.387. The first-order valence-electron chi connectivity index (χ1n) is 12.7. The Morgan fingerprint density at radius 2 is 0.947 bits per heavy atom. The van der Waals surface area contributed by atoms with Crippen molar-refractivity contribution in [3.8, 4) is 0 Å². The summed E-state index contributed by atoms with van der Waals surface area (Å²) in [5, 5.41) is 0. The minimum absolute atomic E-state index is 0.236. The highest BCUT2D eigenvalue weighted by Crippen LogP contribution is 2.35. The van der Waals surface area contributed by atoms with Crippen LogP contribution < -0.4 is 0 Å². The van der Waals surface area contributed by atoms with Gasteiger partial charge in [-0.3, -0.25) is 4.79 Å². The van der Waals surface area contributed by atoms with E-state index in [0.717, 1.165) is 11.1 Å². The van der Waals surface area contributed by atoms with E-state index < -0.39 is 42.6 Å². The highest BCUT2D eigenvalue weighted by molar-refractivity contribution is 5.66. The molecule has 0 heterocycles. The maximum absolute atomic E-state index is 12.4. The standard InChI is InChI=1S/C31H38O7/c1-5-18-33-26-27(34-19-6-2)29(36-21-24-14-10-8-11-15-24)31(38-23(4)32)30(28(26)35-20-7-3)37-22-25-16-12-9-13-17-25/h5-17,26-31H,1-3,18-22H2,4H3/t26?,27-,28+,29-,30-,31?/m1/s1. The summed E-state index contributed by atoms with van der Waals surface area (Å²) in [5.41, 5.74) is 1.93. The number of rotatable bonds is 16. The topological polar surface area (TPSA) is 72.5 Å². The molecule has 204 valence electrons. The van der Waals surface area contributed by atoms with Crippen LogP contribution in [0.5, 0.6) is 0 Å². The van der Waals surface area contributed by atoms with Crippen LogP contribution in [0.2, 0.25) is 0 Å². The summed E-state index contributed by atoms with van der Waals surface area (Å²) in [6, 6.07) is 19.5. The van der Waals surface area contributed by atoms with Gasteiger partial charge in [0.15, 0.2) is 6.10 Å². The quantitative estimate of drug-likeness (QED) is 0.231. The van der Waals surface area contributed by atoms with Gasteiger partial charge in [0.25, 0.3) is 0 Å². The Kier molecular flexibility index (Phi) is 12.4. The molecule has 3 rings (SSSR count). The van der Waals surface area contributed by atoms with Crippen molar-refractivity contribution in [2.24, 2.45) is 0 Å². The smallest absolute Gasteiger partial charge is 0.303 e. The minimum Gasteiger partial charge on any atom is -0.457 e. The van der Waals surface area contributed by atoms with Crippen LogP contribution >= 0.6 is 0 Å². The lowest BCUT2D eigenvalue weighted by atomic mass is 9.83. The van der Waals surface area contributed by atoms with E-state index in [1.165, 1.54) is 6.92 Å². The van der Waals surface area contributed by atoms with E-state index >= 15 is 0 Å². The van der Waals surface area contributed by atoms with Gasteiger partial charge < -0.3 is 28.4 Å². The first kappa shape index (κ1) is 29.5. The lowest BCUT2D eigenvalue weighted by Gasteiger charge is -2.49. The Hall–Kier alpha value is -3.07. The molecule has 7 heteroatoms. The summed E-state index contributed by atoms with van der Waals surface area (Å²) in [6.45, 7) is 14.0. The lowest BCUT2D eigenvalue weighted by molar-refractivity contribution is -0.276. The van der Waals surface area contributed by atoms with Crippen LogP contribution in [0, 0.1) is 0 Å². The van der Waals surface area contributed by atoms with Crippen LogP contribution in [0.4, 0.5) is 0 Å². The second kappa shape index (κ2) is 16.0. The molecule has 0 aromatic heterocycles. The molecule has 0 spiro atoms. The number of carbonyl (C=O) groups excluding carboxylic acids is 1. The SMILES string of the molecule is C=CCOC1[C@@H](OCC=C)[C@@H](OCc2ccccc2)C(OC(C)=O)[C@H](OCc2ccccc2)[C@H]1OCC=C. The molecule has 6 atom stereocenters. The van der Waals surface area contributed by atoms with E-state index in [1.54, 1.807) is 18.2 Å². The van der Waals surface area contributed by atoms with E-state index in [-0.39, 0.29) is 33.0 Å². The Bertz CT molecular complexity index is 926. The van der Waals surface area contributed by atoms with Crippen LogP contribution in [0.1, 0.15) is 18.1 Å². The van der Waals surface area contributed by atoms with Gasteiger partial charge in [-0.1, -0.05) is 78.9 Å². The third-order valence-corrected chi connectivity index (χ3v) is 6.03. The largest absolute Gasteiger partial charge is 0.457 e. The van der Waals surface area contributed by atoms with Crippen molar-refractivity contribution >= 4 is 5.97 Å². The molecule has 0 amide bonds. The highest BCUT2D eigenvalue weighted by atomic mass is 16.6. The van der Waals surface area contributed by atoms with Gasteiger partial charge >= 0.3 is 5.97 Å². The molecular formula is C31H38O7. The first-order chi connectivity index (χ1) is 18.6. The van der Waals surface area contributed by atoms with Crippen LogP contribution in [-0.2, 0) is 46.4 Å². The molecule has 0 radical (unpaired) electrons. The number of benzene rings is 2. The number of ether oxygens (including phenoxy) is 6. The van der Waals surface area contributed by atoms with E-state index in [2.05, 4.69) is 19.7 Å². The van der Waals surface area contributed by atoms with Gasteiger partial charge in [-0.05, 0) is 11.1 Å². The zero-order valence-corrected chi connectivity index (χ0v) is 22.0. The number of hydrogen-bond donors (Lipinski definition) is 0. The molecule has 1 aliphatic carbocycles. The highest BCUT2D eigenvalue weighted by Gasteiger charge is 2.55. The molecule has 38 heavy (non-hydrogen) atoms. The van der Waals surface area contributed by atoms with Crippen LogP contribution in [0.15, 0.2) is 98.6 Å². The van der Waals surface area contributed by atoms with Crippen molar-refractivity contribution < 1.29 is 33.2 Å². The summed E-state index contributed by atoms with van der Waals surface area (Å²) in [7, 11) is 0. The molecule has 0 N–H and O–H groups in total. The number of hydrogen-bond acceptors (Lipinski definition) is 7. The molecule has 1 aliphatic rings. The van der Waals surface area contributed by atoms with E-state index in [4.69, 9.17) is 28.4 Å². The molecule has 2 aromatic rings. The van der Waals surface area contributed by atoms with Gasteiger partial charge in [-0.2, -0.15) is 0 Å². The van der Waals surface area contributed by atoms with E-state index in [1.807, 2.05) is 60.7 Å². The van der Waals surface area contributed by atoms with Gasteiger partial charge in [0.2, 0.25) is 0 Å². The van der Waals surface area contributed by atoms with Gasteiger partial charge in [-0.15, -0.1) is 19.7 Å². The third-order valence-electron chi connectivity index (χ3n) is 6.03. The summed E-state index contributed by atoms with van der Waals surface area (Å²) in [5.74, 6) is -0.466. The lowest BCUT2D eigenvalue weighted by Crippen LogP contribution is -2.67. The monoisotopic (exact) mass is 522 g/mol. The zero-order valence-electron chi connectivity index (χ0n) is 22.0. The van der Waals surface area contributed by atoms with Crippen molar-refractivity contribution in [1.82, 2.24) is 0 Å². The fourth-order valence-corrected chi connectivity index (χ4v) is 4.47. The van der Waals surface area contributed by atoms with Crippen molar-refractivity contribution in [1.29, 1.82) is 0 Å². The summed E-state index contributed by atoms with van der Waals surface area (Å²) in [6.07, 6.45) is 0.729. The van der Waals surface area contributed by atoms with Crippen LogP contribution in [-0.4, -0.2) is 62.4 Å². The average molecular weight is 523 g/mol. The molecule has 0 bridgehead atoms. The van der Waals surface area contributed by atoms with Crippen molar-refractivity contribution in [3.63, 3.8) is 0 Å². The average Bonchev–Trinajstić information content (AvgIpc) is 2.93. The molecule has 2 aromatic carbocycles. The minimum atomic E-state index is -0.840. The molecule has 0 saturated heterocycles. The molecule has 1 saturated carbocycles.